The van der Waals surface area contributed by atoms with Crippen LogP contribution in [-0.4, -0.2) is 60.0 Å². The number of aromatic nitrogens is 2. The number of esters is 1. The van der Waals surface area contributed by atoms with E-state index in [0.29, 0.717) is 18.8 Å². The summed E-state index contributed by atoms with van der Waals surface area (Å²) >= 11 is 0. The van der Waals surface area contributed by atoms with Crippen molar-refractivity contribution in [2.24, 2.45) is 0 Å². The van der Waals surface area contributed by atoms with Crippen LogP contribution in [0.3, 0.4) is 0 Å². The first kappa shape index (κ1) is 21.5. The number of hydrogen-bond donors (Lipinski definition) is 1. The Balaban J connectivity index is 2.08. The van der Waals surface area contributed by atoms with E-state index in [1.807, 2.05) is 25.1 Å². The molecule has 160 valence electrons. The van der Waals surface area contributed by atoms with Gasteiger partial charge in [-0.2, -0.15) is 5.10 Å². The van der Waals surface area contributed by atoms with Crippen LogP contribution in [0.2, 0.25) is 0 Å². The van der Waals surface area contributed by atoms with Crippen LogP contribution in [-0.2, 0) is 20.8 Å². The molecule has 9 nitrogen and oxygen atoms in total. The molecular weight excluding hydrogens is 388 g/mol. The van der Waals surface area contributed by atoms with Gasteiger partial charge in [-0.1, -0.05) is 18.2 Å². The van der Waals surface area contributed by atoms with E-state index in [1.165, 1.54) is 15.6 Å². The number of methoxy groups -OCH3 is 1. The Morgan fingerprint density at radius 1 is 1.30 bits per heavy atom. The van der Waals surface area contributed by atoms with Crippen molar-refractivity contribution in [1.29, 1.82) is 0 Å². The molecule has 2 heterocycles. The normalized spacial score (nSPS) is 18.1. The van der Waals surface area contributed by atoms with E-state index in [4.69, 9.17) is 9.47 Å². The first-order chi connectivity index (χ1) is 14.3. The zero-order valence-corrected chi connectivity index (χ0v) is 17.6. The van der Waals surface area contributed by atoms with Crippen molar-refractivity contribution in [2.45, 2.75) is 32.9 Å². The SMILES string of the molecule is CCOC(=O)c1cc2n(n1)CC(C)(C(=O)NCCOC)N(c1ccccc1C)C2=O. The highest BCUT2D eigenvalue weighted by Crippen LogP contribution is 2.34. The largest absolute Gasteiger partial charge is 0.461 e. The second kappa shape index (κ2) is 8.66. The van der Waals surface area contributed by atoms with E-state index in [0.717, 1.165) is 5.56 Å². The molecule has 1 aliphatic rings. The molecule has 1 aromatic heterocycles. The van der Waals surface area contributed by atoms with Gasteiger partial charge in [-0.15, -0.1) is 0 Å². The number of rotatable bonds is 7. The Morgan fingerprint density at radius 2 is 2.03 bits per heavy atom. The molecule has 2 aromatic rings. The Hall–Kier alpha value is -3.20. The fraction of sp³-hybridized carbons (Fsp3) is 0.429. The van der Waals surface area contributed by atoms with Crippen molar-refractivity contribution in [2.75, 3.05) is 31.8 Å². The lowest BCUT2D eigenvalue weighted by molar-refractivity contribution is -0.126. The van der Waals surface area contributed by atoms with Crippen molar-refractivity contribution in [1.82, 2.24) is 15.1 Å². The van der Waals surface area contributed by atoms with Gasteiger partial charge in [0.05, 0.1) is 19.8 Å². The van der Waals surface area contributed by atoms with Crippen molar-refractivity contribution >= 4 is 23.5 Å². The van der Waals surface area contributed by atoms with Gasteiger partial charge in [0.15, 0.2) is 5.69 Å². The number of benzene rings is 1. The minimum atomic E-state index is -1.26. The Labute approximate surface area is 174 Å². The summed E-state index contributed by atoms with van der Waals surface area (Å²) in [4.78, 5) is 40.3. The Bertz CT molecular complexity index is 970. The van der Waals surface area contributed by atoms with Gasteiger partial charge in [0.2, 0.25) is 5.91 Å². The summed E-state index contributed by atoms with van der Waals surface area (Å²) in [6.07, 6.45) is 0. The Morgan fingerprint density at radius 3 is 2.70 bits per heavy atom. The highest BCUT2D eigenvalue weighted by molar-refractivity contribution is 6.12. The van der Waals surface area contributed by atoms with Gasteiger partial charge in [0.1, 0.15) is 11.2 Å². The Kier molecular flexibility index (Phi) is 6.21. The number of nitrogens with zero attached hydrogens (tertiary/aromatic N) is 3. The maximum Gasteiger partial charge on any atom is 0.358 e. The molecule has 1 aromatic carbocycles. The van der Waals surface area contributed by atoms with E-state index in [9.17, 15) is 14.4 Å². The number of amides is 2. The molecule has 0 radical (unpaired) electrons. The van der Waals surface area contributed by atoms with Crippen molar-refractivity contribution in [3.63, 3.8) is 0 Å². The van der Waals surface area contributed by atoms with E-state index in [-0.39, 0.29) is 30.4 Å². The molecule has 1 aliphatic heterocycles. The predicted molar refractivity (Wildman–Crippen MR) is 109 cm³/mol. The van der Waals surface area contributed by atoms with Gasteiger partial charge in [-0.3, -0.25) is 19.2 Å². The van der Waals surface area contributed by atoms with Gasteiger partial charge in [0, 0.05) is 25.4 Å². The summed E-state index contributed by atoms with van der Waals surface area (Å²) in [5, 5.41) is 7.06. The van der Waals surface area contributed by atoms with Crippen LogP contribution in [0.1, 0.15) is 40.4 Å². The minimum absolute atomic E-state index is 0.0361. The highest BCUT2D eigenvalue weighted by atomic mass is 16.5. The number of aryl methyl sites for hydroxylation is 1. The first-order valence-electron chi connectivity index (χ1n) is 9.76. The summed E-state index contributed by atoms with van der Waals surface area (Å²) in [6, 6.07) is 8.77. The van der Waals surface area contributed by atoms with E-state index in [1.54, 1.807) is 27.0 Å². The van der Waals surface area contributed by atoms with Gasteiger partial charge in [-0.25, -0.2) is 4.79 Å². The molecule has 2 amide bonds. The van der Waals surface area contributed by atoms with Crippen molar-refractivity contribution in [3.05, 3.63) is 47.3 Å². The fourth-order valence-corrected chi connectivity index (χ4v) is 3.54. The monoisotopic (exact) mass is 414 g/mol. The molecule has 1 N–H and O–H groups in total. The molecule has 1 unspecified atom stereocenters. The summed E-state index contributed by atoms with van der Waals surface area (Å²) in [5.74, 6) is -1.36. The molecule has 9 heteroatoms. The average molecular weight is 414 g/mol. The van der Waals surface area contributed by atoms with Crippen LogP contribution in [0.4, 0.5) is 5.69 Å². The van der Waals surface area contributed by atoms with Crippen LogP contribution in [0, 0.1) is 6.92 Å². The summed E-state index contributed by atoms with van der Waals surface area (Å²) < 4.78 is 11.4. The van der Waals surface area contributed by atoms with E-state index in [2.05, 4.69) is 10.4 Å². The van der Waals surface area contributed by atoms with Crippen LogP contribution in [0.25, 0.3) is 0 Å². The molecule has 0 spiro atoms. The number of anilines is 1. The topological polar surface area (TPSA) is 103 Å². The summed E-state index contributed by atoms with van der Waals surface area (Å²) in [5.41, 5.74) is 0.469. The number of para-hydroxylation sites is 1. The maximum absolute atomic E-state index is 13.5. The molecule has 30 heavy (non-hydrogen) atoms. The van der Waals surface area contributed by atoms with Gasteiger partial charge in [0.25, 0.3) is 5.91 Å². The fourth-order valence-electron chi connectivity index (χ4n) is 3.54. The zero-order chi connectivity index (χ0) is 21.9. The third kappa shape index (κ3) is 3.80. The van der Waals surface area contributed by atoms with Crippen LogP contribution in [0.15, 0.2) is 30.3 Å². The van der Waals surface area contributed by atoms with Crippen LogP contribution in [0.5, 0.6) is 0 Å². The number of hydrogen-bond acceptors (Lipinski definition) is 6. The molecule has 1 atom stereocenters. The third-order valence-electron chi connectivity index (χ3n) is 5.08. The lowest BCUT2D eigenvalue weighted by Crippen LogP contribution is -2.65. The molecule has 0 aliphatic carbocycles. The van der Waals surface area contributed by atoms with Crippen LogP contribution < -0.4 is 10.2 Å². The lowest BCUT2D eigenvalue weighted by atomic mass is 9.93. The second-order valence-corrected chi connectivity index (χ2v) is 7.24. The molecule has 0 saturated carbocycles. The molecule has 0 bridgehead atoms. The third-order valence-corrected chi connectivity index (χ3v) is 5.08. The van der Waals surface area contributed by atoms with Gasteiger partial charge < -0.3 is 14.8 Å². The minimum Gasteiger partial charge on any atom is -0.461 e. The van der Waals surface area contributed by atoms with E-state index < -0.39 is 17.4 Å². The summed E-state index contributed by atoms with van der Waals surface area (Å²) in [6.45, 7) is 6.20. The van der Waals surface area contributed by atoms with Crippen molar-refractivity contribution < 1.29 is 23.9 Å². The summed E-state index contributed by atoms with van der Waals surface area (Å²) in [7, 11) is 1.55. The lowest BCUT2D eigenvalue weighted by Gasteiger charge is -2.43. The highest BCUT2D eigenvalue weighted by Gasteiger charge is 2.49. The number of carbonyl (C=O) groups excluding carboxylic acids is 3. The number of carbonyl (C=O) groups is 3. The maximum atomic E-state index is 13.5. The van der Waals surface area contributed by atoms with Crippen LogP contribution >= 0.6 is 0 Å². The zero-order valence-electron chi connectivity index (χ0n) is 17.6. The van der Waals surface area contributed by atoms with Gasteiger partial charge >= 0.3 is 5.97 Å². The molecule has 0 saturated heterocycles. The number of fused-ring (bicyclic) bond motifs is 1. The molecule has 0 fully saturated rings. The predicted octanol–water partition coefficient (Wildman–Crippen LogP) is 1.55. The smallest absolute Gasteiger partial charge is 0.358 e. The first-order valence-corrected chi connectivity index (χ1v) is 9.76. The molecule has 3 rings (SSSR count). The average Bonchev–Trinajstić information content (AvgIpc) is 3.14. The number of nitrogens with one attached hydrogen (secondary N) is 1. The van der Waals surface area contributed by atoms with Crippen molar-refractivity contribution in [3.8, 4) is 0 Å². The quantitative estimate of drug-likeness (QED) is 0.545. The van der Waals surface area contributed by atoms with Gasteiger partial charge in [-0.05, 0) is 32.4 Å². The standard InChI is InChI=1S/C21H26N4O5/c1-5-30-19(27)15-12-17-18(26)25(16-9-7-6-8-14(16)2)21(3,13-24(17)23-15)20(28)22-10-11-29-4/h6-9,12H,5,10-11,13H2,1-4H3,(H,22,28). The van der Waals surface area contributed by atoms with E-state index >= 15 is 0 Å². The second-order valence-electron chi connectivity index (χ2n) is 7.24. The molecular formula is C21H26N4O5. The number of ether oxygens (including phenoxy) is 2.